The minimum Gasteiger partial charge on any atom is -0.247 e. The van der Waals surface area contributed by atoms with Crippen molar-refractivity contribution in [1.29, 1.82) is 0 Å². The predicted molar refractivity (Wildman–Crippen MR) is 51.1 cm³/mol. The molecule has 0 spiro atoms. The molecule has 0 saturated carbocycles. The fraction of sp³-hybridized carbons (Fsp3) is 0.600. The van der Waals surface area contributed by atoms with E-state index in [2.05, 4.69) is 16.4 Å². The topological polar surface area (TPSA) is 52.6 Å². The van der Waals surface area contributed by atoms with Crippen LogP contribution in [0.4, 0.5) is 0 Å². The minimum atomic E-state index is -0.763. The van der Waals surface area contributed by atoms with Gasteiger partial charge in [0, 0.05) is 6.08 Å². The van der Waals surface area contributed by atoms with Gasteiger partial charge in [0.05, 0.1) is 5.92 Å². The quantitative estimate of drug-likeness (QED) is 0.387. The second kappa shape index (κ2) is 7.12. The number of hydrogen-bond acceptors (Lipinski definition) is 4. The molecule has 14 heavy (non-hydrogen) atoms. The Bertz CT molecular complexity index is 210. The SMILES string of the molecule is C=CC(=O)OOC(=O)C(C)CCCC. The summed E-state index contributed by atoms with van der Waals surface area (Å²) in [6, 6.07) is 0. The van der Waals surface area contributed by atoms with Crippen molar-refractivity contribution in [3.8, 4) is 0 Å². The smallest absolute Gasteiger partial charge is 0.247 e. The van der Waals surface area contributed by atoms with E-state index in [-0.39, 0.29) is 5.92 Å². The van der Waals surface area contributed by atoms with Gasteiger partial charge in [-0.25, -0.2) is 19.4 Å². The van der Waals surface area contributed by atoms with Crippen molar-refractivity contribution in [3.63, 3.8) is 0 Å². The van der Waals surface area contributed by atoms with Gasteiger partial charge in [-0.3, -0.25) is 0 Å². The second-order valence-corrected chi connectivity index (χ2v) is 3.05. The number of rotatable bonds is 5. The monoisotopic (exact) mass is 200 g/mol. The van der Waals surface area contributed by atoms with Crippen molar-refractivity contribution in [1.82, 2.24) is 0 Å². The first-order valence-corrected chi connectivity index (χ1v) is 4.66. The lowest BCUT2D eigenvalue weighted by atomic mass is 10.1. The van der Waals surface area contributed by atoms with Gasteiger partial charge < -0.3 is 0 Å². The standard InChI is InChI=1S/C10H16O4/c1-4-6-7-8(3)10(12)14-13-9(11)5-2/h5,8H,2,4,6-7H2,1,3H3. The third-order valence-corrected chi connectivity index (χ3v) is 1.77. The predicted octanol–water partition coefficient (Wildman–Crippen LogP) is 2.00. The number of unbranched alkanes of at least 4 members (excludes halogenated alkanes) is 1. The molecule has 0 aliphatic carbocycles. The molecule has 80 valence electrons. The van der Waals surface area contributed by atoms with E-state index in [4.69, 9.17) is 0 Å². The number of carbonyl (C=O) groups is 2. The Kier molecular flexibility index (Phi) is 6.45. The van der Waals surface area contributed by atoms with Crippen molar-refractivity contribution in [2.75, 3.05) is 0 Å². The summed E-state index contributed by atoms with van der Waals surface area (Å²) in [5, 5.41) is 0. The van der Waals surface area contributed by atoms with Gasteiger partial charge in [0.15, 0.2) is 0 Å². The Labute approximate surface area is 83.8 Å². The van der Waals surface area contributed by atoms with Gasteiger partial charge >= 0.3 is 11.9 Å². The fourth-order valence-electron chi connectivity index (χ4n) is 0.826. The highest BCUT2D eigenvalue weighted by Crippen LogP contribution is 2.09. The third-order valence-electron chi connectivity index (χ3n) is 1.77. The van der Waals surface area contributed by atoms with Crippen LogP contribution in [0.3, 0.4) is 0 Å². The highest BCUT2D eigenvalue weighted by atomic mass is 17.2. The third kappa shape index (κ3) is 5.35. The van der Waals surface area contributed by atoms with Gasteiger partial charge in [-0.15, -0.1) is 0 Å². The maximum atomic E-state index is 11.1. The molecule has 0 aliphatic rings. The average Bonchev–Trinajstić information content (AvgIpc) is 2.21. The first-order chi connectivity index (χ1) is 6.61. The van der Waals surface area contributed by atoms with Crippen molar-refractivity contribution >= 4 is 11.9 Å². The molecule has 4 heteroatoms. The van der Waals surface area contributed by atoms with Crippen LogP contribution in [-0.4, -0.2) is 11.9 Å². The van der Waals surface area contributed by atoms with Crippen molar-refractivity contribution in [2.45, 2.75) is 33.1 Å². The zero-order chi connectivity index (χ0) is 11.0. The highest BCUT2D eigenvalue weighted by Gasteiger charge is 2.16. The Morgan fingerprint density at radius 3 is 2.57 bits per heavy atom. The Hall–Kier alpha value is -1.32. The molecule has 0 fully saturated rings. The zero-order valence-electron chi connectivity index (χ0n) is 8.62. The van der Waals surface area contributed by atoms with Crippen molar-refractivity contribution < 1.29 is 19.4 Å². The maximum Gasteiger partial charge on any atom is 0.378 e. The van der Waals surface area contributed by atoms with E-state index >= 15 is 0 Å². The summed E-state index contributed by atoms with van der Waals surface area (Å²) in [6.07, 6.45) is 3.64. The first-order valence-electron chi connectivity index (χ1n) is 4.66. The van der Waals surface area contributed by atoms with Crippen LogP contribution in [0.1, 0.15) is 33.1 Å². The van der Waals surface area contributed by atoms with Crippen LogP contribution < -0.4 is 0 Å². The molecule has 0 rings (SSSR count). The van der Waals surface area contributed by atoms with E-state index in [1.54, 1.807) is 6.92 Å². The summed E-state index contributed by atoms with van der Waals surface area (Å²) in [4.78, 5) is 30.1. The van der Waals surface area contributed by atoms with Crippen LogP contribution in [0.2, 0.25) is 0 Å². The maximum absolute atomic E-state index is 11.1. The van der Waals surface area contributed by atoms with E-state index in [1.165, 1.54) is 0 Å². The molecule has 0 aromatic rings. The minimum absolute atomic E-state index is 0.243. The zero-order valence-corrected chi connectivity index (χ0v) is 8.62. The van der Waals surface area contributed by atoms with E-state index in [1.807, 2.05) is 6.92 Å². The second-order valence-electron chi connectivity index (χ2n) is 3.05. The molecule has 0 bridgehead atoms. The van der Waals surface area contributed by atoms with Gasteiger partial charge in [-0.1, -0.05) is 33.3 Å². The number of hydrogen-bond donors (Lipinski definition) is 0. The molecular weight excluding hydrogens is 184 g/mol. The van der Waals surface area contributed by atoms with Crippen molar-refractivity contribution in [2.24, 2.45) is 5.92 Å². The molecular formula is C10H16O4. The van der Waals surface area contributed by atoms with Crippen molar-refractivity contribution in [3.05, 3.63) is 12.7 Å². The summed E-state index contributed by atoms with van der Waals surface area (Å²) in [5.41, 5.74) is 0. The van der Waals surface area contributed by atoms with Crippen LogP contribution in [0.5, 0.6) is 0 Å². The van der Waals surface area contributed by atoms with Crippen LogP contribution >= 0.6 is 0 Å². The lowest BCUT2D eigenvalue weighted by Crippen LogP contribution is -2.16. The Balaban J connectivity index is 3.72. The molecule has 1 unspecified atom stereocenters. The van der Waals surface area contributed by atoms with Crippen LogP contribution in [-0.2, 0) is 19.4 Å². The molecule has 0 aromatic heterocycles. The normalized spacial score (nSPS) is 11.6. The molecule has 1 atom stereocenters. The van der Waals surface area contributed by atoms with E-state index in [9.17, 15) is 9.59 Å². The summed E-state index contributed by atoms with van der Waals surface area (Å²) >= 11 is 0. The molecule has 0 N–H and O–H groups in total. The summed E-state index contributed by atoms with van der Waals surface area (Å²) in [5.74, 6) is -1.53. The molecule has 0 heterocycles. The molecule has 0 saturated heterocycles. The van der Waals surface area contributed by atoms with E-state index in [0.29, 0.717) is 0 Å². The lowest BCUT2D eigenvalue weighted by Gasteiger charge is -2.07. The average molecular weight is 200 g/mol. The van der Waals surface area contributed by atoms with E-state index < -0.39 is 11.9 Å². The summed E-state index contributed by atoms with van der Waals surface area (Å²) in [6.45, 7) is 6.94. The fourth-order valence-corrected chi connectivity index (χ4v) is 0.826. The van der Waals surface area contributed by atoms with Gasteiger partial charge in [0.2, 0.25) is 0 Å². The largest absolute Gasteiger partial charge is 0.378 e. The summed E-state index contributed by atoms with van der Waals surface area (Å²) in [7, 11) is 0. The van der Waals surface area contributed by atoms with E-state index in [0.717, 1.165) is 25.3 Å². The molecule has 4 nitrogen and oxygen atoms in total. The lowest BCUT2D eigenvalue weighted by molar-refractivity contribution is -0.258. The Morgan fingerprint density at radius 2 is 2.07 bits per heavy atom. The summed E-state index contributed by atoms with van der Waals surface area (Å²) < 4.78 is 0. The van der Waals surface area contributed by atoms with Crippen LogP contribution in [0, 0.1) is 5.92 Å². The first kappa shape index (κ1) is 12.7. The highest BCUT2D eigenvalue weighted by molar-refractivity contribution is 5.81. The van der Waals surface area contributed by atoms with Crippen LogP contribution in [0.25, 0.3) is 0 Å². The molecule has 0 amide bonds. The van der Waals surface area contributed by atoms with Gasteiger partial charge in [0.1, 0.15) is 0 Å². The Morgan fingerprint density at radius 1 is 1.43 bits per heavy atom. The van der Waals surface area contributed by atoms with Crippen LogP contribution in [0.15, 0.2) is 12.7 Å². The van der Waals surface area contributed by atoms with Gasteiger partial charge in [-0.05, 0) is 6.42 Å². The molecule has 0 radical (unpaired) electrons. The molecule has 0 aliphatic heterocycles. The number of carbonyl (C=O) groups excluding carboxylic acids is 2. The van der Waals surface area contributed by atoms with Gasteiger partial charge in [-0.2, -0.15) is 0 Å². The molecule has 0 aromatic carbocycles. The van der Waals surface area contributed by atoms with Gasteiger partial charge in [0.25, 0.3) is 0 Å².